The van der Waals surface area contributed by atoms with Gasteiger partial charge in [-0.2, -0.15) is 0 Å². The number of nitrogens with one attached hydrogen (secondary N) is 1. The van der Waals surface area contributed by atoms with Crippen LogP contribution >= 0.6 is 11.8 Å². The Labute approximate surface area is 194 Å². The second-order valence-electron chi connectivity index (χ2n) is 8.35. The third kappa shape index (κ3) is 7.83. The van der Waals surface area contributed by atoms with Gasteiger partial charge in [0.15, 0.2) is 5.12 Å². The van der Waals surface area contributed by atoms with Crippen LogP contribution < -0.4 is 5.32 Å². The van der Waals surface area contributed by atoms with Crippen molar-refractivity contribution in [2.24, 2.45) is 11.8 Å². The summed E-state index contributed by atoms with van der Waals surface area (Å²) in [7, 11) is 0. The molecule has 6 heteroatoms. The van der Waals surface area contributed by atoms with Crippen molar-refractivity contribution in [2.75, 3.05) is 5.75 Å². The minimum atomic E-state index is -0.295. The van der Waals surface area contributed by atoms with E-state index in [0.29, 0.717) is 18.6 Å². The van der Waals surface area contributed by atoms with Crippen LogP contribution in [0.15, 0.2) is 60.7 Å². The Morgan fingerprint density at radius 2 is 1.66 bits per heavy atom. The van der Waals surface area contributed by atoms with Gasteiger partial charge in [0.05, 0.1) is 11.8 Å². The number of carbonyl (C=O) groups is 3. The van der Waals surface area contributed by atoms with E-state index in [1.807, 2.05) is 60.7 Å². The van der Waals surface area contributed by atoms with Crippen molar-refractivity contribution in [3.05, 3.63) is 71.8 Å². The topological polar surface area (TPSA) is 72.5 Å². The Morgan fingerprint density at radius 3 is 2.31 bits per heavy atom. The summed E-state index contributed by atoms with van der Waals surface area (Å²) in [6.45, 7) is 1.80. The van der Waals surface area contributed by atoms with Crippen molar-refractivity contribution < 1.29 is 19.1 Å². The molecule has 3 atom stereocenters. The van der Waals surface area contributed by atoms with Gasteiger partial charge in [-0.05, 0) is 36.8 Å². The molecule has 0 bridgehead atoms. The van der Waals surface area contributed by atoms with E-state index >= 15 is 0 Å². The molecule has 1 N–H and O–H groups in total. The van der Waals surface area contributed by atoms with Gasteiger partial charge in [-0.15, -0.1) is 0 Å². The summed E-state index contributed by atoms with van der Waals surface area (Å²) in [5.74, 6) is -0.286. The summed E-state index contributed by atoms with van der Waals surface area (Å²) in [4.78, 5) is 37.1. The van der Waals surface area contributed by atoms with Crippen LogP contribution in [0.1, 0.15) is 43.7 Å². The largest absolute Gasteiger partial charge is 0.461 e. The molecule has 1 aliphatic carbocycles. The molecule has 0 saturated heterocycles. The predicted octanol–water partition coefficient (Wildman–Crippen LogP) is 4.54. The minimum Gasteiger partial charge on any atom is -0.461 e. The van der Waals surface area contributed by atoms with Gasteiger partial charge in [0.25, 0.3) is 0 Å². The molecular formula is C26H31NO4S. The highest BCUT2D eigenvalue weighted by Crippen LogP contribution is 2.26. The number of esters is 1. The van der Waals surface area contributed by atoms with Crippen LogP contribution in [0, 0.1) is 11.8 Å². The van der Waals surface area contributed by atoms with Crippen molar-refractivity contribution in [3.63, 3.8) is 0 Å². The zero-order valence-electron chi connectivity index (χ0n) is 18.5. The average Bonchev–Trinajstić information content (AvgIpc) is 2.81. The van der Waals surface area contributed by atoms with Gasteiger partial charge in [0.1, 0.15) is 6.61 Å². The quantitative estimate of drug-likeness (QED) is 0.564. The second-order valence-corrected chi connectivity index (χ2v) is 9.55. The summed E-state index contributed by atoms with van der Waals surface area (Å²) < 4.78 is 5.52. The van der Waals surface area contributed by atoms with Crippen LogP contribution in [-0.4, -0.2) is 28.8 Å². The molecule has 32 heavy (non-hydrogen) atoms. The first-order valence-electron chi connectivity index (χ1n) is 11.2. The van der Waals surface area contributed by atoms with E-state index in [1.165, 1.54) is 18.7 Å². The number of ether oxygens (including phenoxy) is 1. The zero-order valence-corrected chi connectivity index (χ0v) is 19.3. The molecule has 2 aromatic carbocycles. The molecule has 0 heterocycles. The monoisotopic (exact) mass is 453 g/mol. The Bertz CT molecular complexity index is 887. The van der Waals surface area contributed by atoms with E-state index in [2.05, 4.69) is 5.32 Å². The van der Waals surface area contributed by atoms with Gasteiger partial charge in [-0.25, -0.2) is 0 Å². The van der Waals surface area contributed by atoms with Crippen molar-refractivity contribution >= 4 is 28.8 Å². The maximum atomic E-state index is 13.1. The number of rotatable bonds is 9. The lowest BCUT2D eigenvalue weighted by atomic mass is 9.85. The van der Waals surface area contributed by atoms with Gasteiger partial charge in [0, 0.05) is 18.7 Å². The minimum absolute atomic E-state index is 0.00903. The highest BCUT2D eigenvalue weighted by Gasteiger charge is 2.31. The number of hydrogen-bond donors (Lipinski definition) is 1. The molecule has 170 valence electrons. The predicted molar refractivity (Wildman–Crippen MR) is 127 cm³/mol. The number of amides is 1. The van der Waals surface area contributed by atoms with Crippen LogP contribution in [0.25, 0.3) is 0 Å². The number of benzene rings is 2. The van der Waals surface area contributed by atoms with Crippen LogP contribution in [0.3, 0.4) is 0 Å². The average molecular weight is 454 g/mol. The standard InChI is InChI=1S/C26H31NO4S/c1-19(28)32-18-23(15-20-9-4-2-5-10-20)25(29)27-24-14-8-13-22(16-24)26(30)31-17-21-11-6-3-7-12-21/h2-7,9-12,22-24H,8,13-18H2,1H3,(H,27,29). The Balaban J connectivity index is 1.54. The zero-order chi connectivity index (χ0) is 22.8. The van der Waals surface area contributed by atoms with Gasteiger partial charge in [-0.3, -0.25) is 14.4 Å². The summed E-state index contributed by atoms with van der Waals surface area (Å²) >= 11 is 1.19. The number of hydrogen-bond acceptors (Lipinski definition) is 5. The smallest absolute Gasteiger partial charge is 0.309 e. The van der Waals surface area contributed by atoms with Crippen molar-refractivity contribution in [3.8, 4) is 0 Å². The van der Waals surface area contributed by atoms with E-state index in [-0.39, 0.29) is 41.5 Å². The molecule has 0 radical (unpaired) electrons. The molecule has 1 fully saturated rings. The molecule has 0 spiro atoms. The Hall–Kier alpha value is -2.60. The highest BCUT2D eigenvalue weighted by atomic mass is 32.2. The van der Waals surface area contributed by atoms with Crippen LogP contribution in [0.4, 0.5) is 0 Å². The van der Waals surface area contributed by atoms with E-state index < -0.39 is 0 Å². The summed E-state index contributed by atoms with van der Waals surface area (Å²) in [5, 5.41) is 3.16. The van der Waals surface area contributed by atoms with Gasteiger partial charge in [0.2, 0.25) is 5.91 Å². The lowest BCUT2D eigenvalue weighted by Crippen LogP contribution is -2.44. The molecule has 3 rings (SSSR count). The van der Waals surface area contributed by atoms with Gasteiger partial charge < -0.3 is 10.1 Å². The van der Waals surface area contributed by atoms with E-state index in [9.17, 15) is 14.4 Å². The van der Waals surface area contributed by atoms with Crippen LogP contribution in [-0.2, 0) is 32.1 Å². The van der Waals surface area contributed by atoms with E-state index in [1.54, 1.807) is 0 Å². The molecule has 1 aliphatic rings. The number of thioether (sulfide) groups is 1. The van der Waals surface area contributed by atoms with Crippen molar-refractivity contribution in [2.45, 2.75) is 51.7 Å². The first kappa shape index (κ1) is 24.1. The summed E-state index contributed by atoms with van der Waals surface area (Å²) in [6, 6.07) is 19.4. The SMILES string of the molecule is CC(=O)SCC(Cc1ccccc1)C(=O)NC1CCCC(C(=O)OCc2ccccc2)C1. The van der Waals surface area contributed by atoms with Gasteiger partial charge in [-0.1, -0.05) is 78.8 Å². The van der Waals surface area contributed by atoms with Crippen LogP contribution in [0.2, 0.25) is 0 Å². The molecular weight excluding hydrogens is 422 g/mol. The highest BCUT2D eigenvalue weighted by molar-refractivity contribution is 8.13. The molecule has 1 amide bonds. The summed E-state index contributed by atoms with van der Waals surface area (Å²) in [5.41, 5.74) is 2.04. The maximum Gasteiger partial charge on any atom is 0.309 e. The van der Waals surface area contributed by atoms with Gasteiger partial charge >= 0.3 is 5.97 Å². The maximum absolute atomic E-state index is 13.1. The first-order chi connectivity index (χ1) is 15.5. The molecule has 0 aromatic heterocycles. The normalized spacial score (nSPS) is 19.0. The Kier molecular flexibility index (Phi) is 9.35. The number of carbonyl (C=O) groups excluding carboxylic acids is 3. The molecule has 1 saturated carbocycles. The van der Waals surface area contributed by atoms with Crippen LogP contribution in [0.5, 0.6) is 0 Å². The van der Waals surface area contributed by atoms with Crippen molar-refractivity contribution in [1.82, 2.24) is 5.32 Å². The van der Waals surface area contributed by atoms with E-state index in [0.717, 1.165) is 30.4 Å². The lowest BCUT2D eigenvalue weighted by Gasteiger charge is -2.30. The Morgan fingerprint density at radius 1 is 1.00 bits per heavy atom. The fourth-order valence-electron chi connectivity index (χ4n) is 4.04. The molecule has 5 nitrogen and oxygen atoms in total. The van der Waals surface area contributed by atoms with Crippen molar-refractivity contribution in [1.29, 1.82) is 0 Å². The second kappa shape index (κ2) is 12.4. The molecule has 2 aromatic rings. The van der Waals surface area contributed by atoms with E-state index in [4.69, 9.17) is 4.74 Å². The lowest BCUT2D eigenvalue weighted by molar-refractivity contribution is -0.151. The fraction of sp³-hybridized carbons (Fsp3) is 0.423. The molecule has 3 unspecified atom stereocenters. The third-order valence-corrected chi connectivity index (χ3v) is 6.74. The molecule has 0 aliphatic heterocycles. The fourth-order valence-corrected chi connectivity index (χ4v) is 4.75. The summed E-state index contributed by atoms with van der Waals surface area (Å²) in [6.07, 6.45) is 3.70. The first-order valence-corrected chi connectivity index (χ1v) is 12.2. The third-order valence-electron chi connectivity index (χ3n) is 5.76.